The molecule has 0 aliphatic carbocycles. The normalized spacial score (nSPS) is 13.3. The molecule has 0 aliphatic heterocycles. The van der Waals surface area contributed by atoms with Crippen LogP contribution >= 0.6 is 11.3 Å². The van der Waals surface area contributed by atoms with Crippen LogP contribution in [0.3, 0.4) is 0 Å². The SMILES string of the molecule is Cc1cc(N=Nc2c(S(=O)(=O)O)cc3c(S(=O)(=O)O)c(N=Nc4c(C(=O)O)nn(-c5cc(S(=O)(=O)O)c6cc([N+](=O)[O-])cc(S(=O)(=O)O)c6c5)c4O)ccc3c2O)c(OCCCS(=O)(=O)O)cc1N=Nc1nc2c(S(=O)(=O)O)cc(S(=O)(=O)O)cc2s1. The standard InChI is InChI=1S/C41H30N10O28S8/c1-16-7-26(27(79-5-2-6-81(58,59)60)15-25(16)44-48-41-42-33-28(80-41)12-19(82(61,62)63)13-31(33)85(70,71)72)45-46-34-32(86(73,74)75)14-23-20(37(34)52)3-4-24(38(23)87(76,77)78)43-47-35-36(40(54)55)49-50(39(35)53)17-8-21-22(29(10-17)83(64,65)66)9-18(51(56)57)11-30(21)84(67,68)69/h3-4,7-15,52-53H,2,5-6H2,1H3,(H,54,55)(H,58,59,60)(H,61,62,63)(H,64,65,66)(H,67,68,69)(H,70,71,72)(H,73,74,75)(H,76,77,78). The number of aromatic hydroxyl groups is 2. The van der Waals surface area contributed by atoms with E-state index in [1.54, 1.807) is 0 Å². The molecule has 6 aromatic carbocycles. The highest BCUT2D eigenvalue weighted by molar-refractivity contribution is 7.88. The largest absolute Gasteiger partial charge is 0.505 e. The molecule has 8 aromatic rings. The number of nitrogens with zero attached hydrogens (tertiary/aromatic N) is 10. The van der Waals surface area contributed by atoms with E-state index < -0.39 is 214 Å². The van der Waals surface area contributed by atoms with Gasteiger partial charge in [-0.05, 0) is 67.4 Å². The van der Waals surface area contributed by atoms with Crippen molar-refractivity contribution in [1.29, 1.82) is 0 Å². The number of ether oxygens (including phenoxy) is 1. The molecule has 0 radical (unpaired) electrons. The molecule has 0 saturated heterocycles. The quantitative estimate of drug-likeness (QED) is 0.0128. The number of phenolic OH excluding ortho intramolecular Hbond substituents is 1. The number of benzene rings is 6. The minimum atomic E-state index is -5.77. The third-order valence-electron chi connectivity index (χ3n) is 11.6. The molecular weight excluding hydrogens is 1340 g/mol. The number of non-ortho nitro benzene ring substituents is 1. The molecule has 0 unspecified atom stereocenters. The first-order valence-corrected chi connectivity index (χ1v) is 33.4. The summed E-state index contributed by atoms with van der Waals surface area (Å²) in [5, 5.41) is 66.8. The van der Waals surface area contributed by atoms with Crippen molar-refractivity contribution in [2.24, 2.45) is 30.7 Å². The Morgan fingerprint density at radius 3 is 1.78 bits per heavy atom. The second-order valence-corrected chi connectivity index (χ2v) is 28.3. The van der Waals surface area contributed by atoms with E-state index in [1.165, 1.54) is 6.92 Å². The number of nitro benzene ring substituents is 1. The van der Waals surface area contributed by atoms with Gasteiger partial charge in [0.05, 0.1) is 38.3 Å². The number of carboxylic acids is 1. The second-order valence-electron chi connectivity index (χ2n) is 17.4. The maximum atomic E-state index is 13.1. The number of carbonyl (C=O) groups is 1. The van der Waals surface area contributed by atoms with E-state index in [9.17, 15) is 121 Å². The van der Waals surface area contributed by atoms with Gasteiger partial charge in [-0.2, -0.15) is 68.7 Å². The minimum absolute atomic E-state index is 0.0732. The summed E-state index contributed by atoms with van der Waals surface area (Å²) in [5.74, 6) is -6.14. The van der Waals surface area contributed by atoms with Crippen LogP contribution in [0.15, 0.2) is 127 Å². The van der Waals surface area contributed by atoms with Gasteiger partial charge in [-0.25, -0.2) is 9.78 Å². The maximum Gasteiger partial charge on any atom is 0.358 e. The molecule has 46 heteroatoms. The number of thiazole rings is 1. The summed E-state index contributed by atoms with van der Waals surface area (Å²) >= 11 is 0.527. The lowest BCUT2D eigenvalue weighted by Gasteiger charge is -2.13. The van der Waals surface area contributed by atoms with Crippen LogP contribution in [0.2, 0.25) is 0 Å². The summed E-state index contributed by atoms with van der Waals surface area (Å²) in [6.45, 7) is 0.805. The Morgan fingerprint density at radius 2 is 1.21 bits per heavy atom. The van der Waals surface area contributed by atoms with E-state index in [0.717, 1.165) is 24.3 Å². The lowest BCUT2D eigenvalue weighted by atomic mass is 10.1. The number of hydrogen-bond donors (Lipinski definition) is 10. The van der Waals surface area contributed by atoms with Crippen molar-refractivity contribution in [2.45, 2.75) is 42.7 Å². The topological polar surface area (TPSA) is 616 Å². The lowest BCUT2D eigenvalue weighted by molar-refractivity contribution is -0.384. The maximum absolute atomic E-state index is 13.1. The molecular formula is C41H30N10O28S8. The molecule has 0 saturated carbocycles. The fourth-order valence-electron chi connectivity index (χ4n) is 7.91. The number of nitro groups is 1. The Labute approximate surface area is 488 Å². The van der Waals surface area contributed by atoms with Gasteiger partial charge in [0.2, 0.25) is 16.7 Å². The van der Waals surface area contributed by atoms with Crippen LogP contribution in [-0.4, -0.2) is 144 Å². The van der Waals surface area contributed by atoms with E-state index in [0.29, 0.717) is 47.7 Å². The summed E-state index contributed by atoms with van der Waals surface area (Å²) in [6.07, 6.45) is -0.402. The average molecular weight is 1370 g/mol. The Morgan fingerprint density at radius 1 is 0.621 bits per heavy atom. The molecule has 0 atom stereocenters. The lowest BCUT2D eigenvalue weighted by Crippen LogP contribution is -2.08. The highest BCUT2D eigenvalue weighted by atomic mass is 32.2. The number of carboxylic acid groups (broad SMARTS) is 1. The number of fused-ring (bicyclic) bond motifs is 3. The molecule has 0 fully saturated rings. The van der Waals surface area contributed by atoms with Crippen LogP contribution in [0.25, 0.3) is 37.4 Å². The first-order valence-electron chi connectivity index (χ1n) is 22.4. The van der Waals surface area contributed by atoms with Gasteiger partial charge in [-0.1, -0.05) is 11.3 Å². The van der Waals surface area contributed by atoms with Gasteiger partial charge in [0, 0.05) is 39.7 Å². The van der Waals surface area contributed by atoms with Crippen molar-refractivity contribution in [1.82, 2.24) is 14.8 Å². The van der Waals surface area contributed by atoms with Crippen molar-refractivity contribution < 1.29 is 121 Å². The smallest absolute Gasteiger partial charge is 0.358 e. The van der Waals surface area contributed by atoms with Crippen LogP contribution in [0, 0.1) is 17.0 Å². The Bertz CT molecular complexity index is 5300. The number of hydrogen-bond acceptors (Lipinski definition) is 29. The first kappa shape index (κ1) is 64.4. The zero-order valence-electron chi connectivity index (χ0n) is 42.0. The fourth-order valence-corrected chi connectivity index (χ4v) is 13.6. The zero-order valence-corrected chi connectivity index (χ0v) is 48.6. The van der Waals surface area contributed by atoms with Crippen molar-refractivity contribution in [2.75, 3.05) is 12.4 Å². The molecule has 0 bridgehead atoms. The number of phenols is 1. The molecule has 10 N–H and O–H groups in total. The van der Waals surface area contributed by atoms with E-state index >= 15 is 0 Å². The molecule has 2 heterocycles. The van der Waals surface area contributed by atoms with E-state index in [1.807, 2.05) is 0 Å². The highest BCUT2D eigenvalue weighted by Crippen LogP contribution is 2.48. The molecule has 0 spiro atoms. The third kappa shape index (κ3) is 13.7. The van der Waals surface area contributed by atoms with Crippen LogP contribution in [0.5, 0.6) is 17.4 Å². The van der Waals surface area contributed by atoms with Gasteiger partial charge >= 0.3 is 5.97 Å². The molecule has 2 aromatic heterocycles. The molecule has 0 aliphatic rings. The first-order chi connectivity index (χ1) is 39.9. The van der Waals surface area contributed by atoms with Crippen molar-refractivity contribution in [3.05, 3.63) is 88.1 Å². The number of azo groups is 3. The minimum Gasteiger partial charge on any atom is -0.505 e. The predicted octanol–water partition coefficient (Wildman–Crippen LogP) is 6.50. The molecule has 0 amide bonds. The Kier molecular flexibility index (Phi) is 16.7. The summed E-state index contributed by atoms with van der Waals surface area (Å²) in [6, 6.07) is 6.86. The zero-order chi connectivity index (χ0) is 64.6. The van der Waals surface area contributed by atoms with Crippen LogP contribution in [-0.2, 0) is 70.8 Å². The number of aromatic nitrogens is 3. The van der Waals surface area contributed by atoms with Crippen molar-refractivity contribution in [3.63, 3.8) is 0 Å². The molecule has 460 valence electrons. The van der Waals surface area contributed by atoms with Gasteiger partial charge in [-0.3, -0.25) is 42.0 Å². The highest BCUT2D eigenvalue weighted by Gasteiger charge is 2.32. The monoisotopic (exact) mass is 1370 g/mol. The number of aryl methyl sites for hydroxylation is 1. The van der Waals surface area contributed by atoms with E-state index in [2.05, 4.69) is 40.8 Å². The van der Waals surface area contributed by atoms with Gasteiger partial charge in [-0.15, -0.1) is 30.7 Å². The average Bonchev–Trinajstić information content (AvgIpc) is 1.30. The summed E-state index contributed by atoms with van der Waals surface area (Å²) < 4.78 is 248. The second kappa shape index (κ2) is 22.6. The number of aromatic carboxylic acids is 1. The summed E-state index contributed by atoms with van der Waals surface area (Å²) in [7, 11) is -37.3. The van der Waals surface area contributed by atoms with E-state index in [-0.39, 0.29) is 31.8 Å². The van der Waals surface area contributed by atoms with Crippen molar-refractivity contribution in [3.8, 4) is 23.1 Å². The number of rotatable bonds is 20. The van der Waals surface area contributed by atoms with Gasteiger partial charge < -0.3 is 20.1 Å². The fraction of sp³-hybridized carbons (Fsp3) is 0.0976. The van der Waals surface area contributed by atoms with E-state index in [4.69, 9.17) is 4.74 Å². The van der Waals surface area contributed by atoms with Crippen LogP contribution < -0.4 is 4.74 Å². The van der Waals surface area contributed by atoms with Crippen LogP contribution in [0.1, 0.15) is 22.5 Å². The molecule has 38 nitrogen and oxygen atoms in total. The van der Waals surface area contributed by atoms with Gasteiger partial charge in [0.25, 0.3) is 76.5 Å². The summed E-state index contributed by atoms with van der Waals surface area (Å²) in [5.41, 5.74) is -7.83. The van der Waals surface area contributed by atoms with Crippen LogP contribution in [0.4, 0.5) is 39.3 Å². The Balaban J connectivity index is 1.24. The molecule has 8 rings (SSSR count). The van der Waals surface area contributed by atoms with Crippen molar-refractivity contribution >= 4 is 159 Å². The van der Waals surface area contributed by atoms with Gasteiger partial charge in [0.1, 0.15) is 52.8 Å². The van der Waals surface area contributed by atoms with Gasteiger partial charge in [0.15, 0.2) is 11.4 Å². The Hall–Kier alpha value is -8.62. The predicted molar refractivity (Wildman–Crippen MR) is 291 cm³/mol. The summed E-state index contributed by atoms with van der Waals surface area (Å²) in [4.78, 5) is 19.2. The molecule has 87 heavy (non-hydrogen) atoms. The third-order valence-corrected chi connectivity index (χ3v) is 18.5.